The molecule has 15 heteroatoms. The van der Waals surface area contributed by atoms with Gasteiger partial charge in [-0.1, -0.05) is 44.2 Å². The van der Waals surface area contributed by atoms with Crippen LogP contribution in [0, 0.1) is 5.41 Å². The number of anilines is 1. The molecule has 244 valence electrons. The summed E-state index contributed by atoms with van der Waals surface area (Å²) in [6, 6.07) is 10.1. The minimum absolute atomic E-state index is 0. The van der Waals surface area contributed by atoms with Crippen molar-refractivity contribution in [2.75, 3.05) is 4.90 Å². The molecule has 0 atom stereocenters. The maximum absolute atomic E-state index is 13.3. The Bertz CT molecular complexity index is 2170. The second kappa shape index (κ2) is 14.7. The molecule has 0 saturated carbocycles. The number of amides is 6. The van der Waals surface area contributed by atoms with E-state index in [1.165, 1.54) is 60.7 Å². The molecular formula is C34H29KN6O8. The summed E-state index contributed by atoms with van der Waals surface area (Å²) in [5, 5.41) is 14.8. The number of benzene rings is 2. The third-order valence-electron chi connectivity index (χ3n) is 7.65. The van der Waals surface area contributed by atoms with E-state index in [9.17, 15) is 38.7 Å². The number of nitrogens with one attached hydrogen (secondary N) is 2. The molecule has 0 unspecified atom stereocenters. The van der Waals surface area contributed by atoms with Crippen LogP contribution in [-0.2, 0) is 9.59 Å². The van der Waals surface area contributed by atoms with Gasteiger partial charge in [0.15, 0.2) is 0 Å². The van der Waals surface area contributed by atoms with Gasteiger partial charge in [-0.2, -0.15) is 0 Å². The number of imide groups is 2. The molecule has 5 rings (SSSR count). The second-order valence-electron chi connectivity index (χ2n) is 11.9. The van der Waals surface area contributed by atoms with Crippen LogP contribution in [0.1, 0.15) is 53.0 Å². The molecule has 2 aromatic carbocycles. The monoisotopic (exact) mass is 688 g/mol. The Hall–Kier alpha value is -4.93. The Morgan fingerprint density at radius 3 is 2.12 bits per heavy atom. The fraction of sp³-hybridized carbons (Fsp3) is 0.147. The fourth-order valence-electron chi connectivity index (χ4n) is 5.52. The van der Waals surface area contributed by atoms with Gasteiger partial charge < -0.3 is 21.6 Å². The average molecular weight is 689 g/mol. The summed E-state index contributed by atoms with van der Waals surface area (Å²) in [5.41, 5.74) is 9.41. The van der Waals surface area contributed by atoms with Crippen molar-refractivity contribution < 1.29 is 80.5 Å². The summed E-state index contributed by atoms with van der Waals surface area (Å²) in [7, 11) is 0. The predicted molar refractivity (Wildman–Crippen MR) is 173 cm³/mol. The number of nitrogens with two attached hydrogens (primary N) is 2. The maximum atomic E-state index is 13.3. The number of aromatic nitrogens is 2. The first-order valence-corrected chi connectivity index (χ1v) is 14.5. The molecule has 2 heterocycles. The van der Waals surface area contributed by atoms with E-state index in [0.717, 1.165) is 9.47 Å². The molecule has 0 bridgehead atoms. The van der Waals surface area contributed by atoms with E-state index in [-0.39, 0.29) is 90.4 Å². The van der Waals surface area contributed by atoms with E-state index >= 15 is 0 Å². The van der Waals surface area contributed by atoms with Gasteiger partial charge in [-0.15, -0.1) is 0 Å². The molecule has 6 amide bonds. The minimum atomic E-state index is -0.984. The molecule has 6 N–H and O–H groups in total. The van der Waals surface area contributed by atoms with Crippen molar-refractivity contribution >= 4 is 41.4 Å². The molecule has 2 aliphatic rings. The van der Waals surface area contributed by atoms with Crippen LogP contribution in [0.4, 0.5) is 10.5 Å². The number of H-pyrrole nitrogens is 1. The summed E-state index contributed by atoms with van der Waals surface area (Å²) < 4.78 is 0.731. The molecule has 49 heavy (non-hydrogen) atoms. The molecule has 1 fully saturated rings. The average Bonchev–Trinajstić information content (AvgIpc) is 3.00. The minimum Gasteiger partial charge on any atom is -0.860 e. The number of carbonyl (C=O) groups is 5. The largest absolute Gasteiger partial charge is 1.00 e. The van der Waals surface area contributed by atoms with Crippen molar-refractivity contribution in [3.8, 4) is 11.6 Å². The van der Waals surface area contributed by atoms with Crippen molar-refractivity contribution in [1.29, 1.82) is 0 Å². The summed E-state index contributed by atoms with van der Waals surface area (Å²) >= 11 is 0. The Balaban J connectivity index is 0.00000541. The zero-order chi connectivity index (χ0) is 34.9. The number of urea groups is 1. The predicted octanol–water partition coefficient (Wildman–Crippen LogP) is -1.30. The molecule has 1 aliphatic carbocycles. The van der Waals surface area contributed by atoms with Crippen LogP contribution in [0.15, 0.2) is 99.1 Å². The number of nitrogens with zero attached hydrogens (tertiary/aromatic N) is 2. The first kappa shape index (κ1) is 36.9. The third kappa shape index (κ3) is 8.04. The van der Waals surface area contributed by atoms with Gasteiger partial charge in [0.05, 0.1) is 11.4 Å². The van der Waals surface area contributed by atoms with Crippen molar-refractivity contribution in [3.05, 3.63) is 127 Å². The molecular weight excluding hydrogens is 660 g/mol. The van der Waals surface area contributed by atoms with Gasteiger partial charge in [0.1, 0.15) is 5.57 Å². The first-order chi connectivity index (χ1) is 22.6. The van der Waals surface area contributed by atoms with Gasteiger partial charge in [-0.05, 0) is 83.8 Å². The SMILES string of the molecule is CC1(C)CC(/C=C/c2c([O-])[nH]c(=O)n(-c3cccc(C(N)=O)c3)c2=O)=CC(=C/C=C2/C(=O)NC(=O)N(c3cccc(C(N)=O)c3)C2=O)/C1.[K+]. The van der Waals surface area contributed by atoms with Crippen molar-refractivity contribution in [1.82, 2.24) is 14.9 Å². The first-order valence-electron chi connectivity index (χ1n) is 14.5. The van der Waals surface area contributed by atoms with Gasteiger partial charge in [0.2, 0.25) is 11.8 Å². The van der Waals surface area contributed by atoms with E-state index in [2.05, 4.69) is 10.3 Å². The van der Waals surface area contributed by atoms with Crippen LogP contribution in [-0.4, -0.2) is 39.2 Å². The molecule has 0 spiro atoms. The molecule has 1 saturated heterocycles. The Kier molecular flexibility index (Phi) is 11.0. The number of hydrogen-bond acceptors (Lipinski definition) is 8. The number of carbonyl (C=O) groups excluding carboxylic acids is 5. The second-order valence-corrected chi connectivity index (χ2v) is 11.9. The Morgan fingerprint density at radius 1 is 0.878 bits per heavy atom. The third-order valence-corrected chi connectivity index (χ3v) is 7.65. The number of aromatic amines is 1. The number of rotatable bonds is 7. The molecule has 3 aromatic rings. The van der Waals surface area contributed by atoms with Crippen LogP contribution >= 0.6 is 0 Å². The van der Waals surface area contributed by atoms with Crippen LogP contribution in [0.2, 0.25) is 0 Å². The van der Waals surface area contributed by atoms with Crippen LogP contribution < -0.4 is 89.4 Å². The number of primary amides is 2. The quantitative estimate of drug-likeness (QED) is 0.132. The standard InChI is InChI=1S/C34H30N6O8.K/c1-34(2)16-18(9-11-24-28(43)37-32(47)39(30(24)45)22-7-3-5-20(14-22)26(35)41)13-19(17-34)10-12-25-29(44)38-33(48)40(31(25)46)23-8-4-6-21(15-23)27(36)42;/h3-15,43H,16-17H2,1-2H3,(H2,35,41)(H2,36,42)(H,37,47)(H,38,44,48);/q;+1/p-1/b11-9+,19-10-,25-12-;. The number of allylic oxidation sites excluding steroid dienone is 6. The van der Waals surface area contributed by atoms with Gasteiger partial charge in [0.25, 0.3) is 17.4 Å². The summed E-state index contributed by atoms with van der Waals surface area (Å²) in [6.07, 6.45) is 8.54. The van der Waals surface area contributed by atoms with E-state index in [4.69, 9.17) is 11.5 Å². The molecule has 1 aromatic heterocycles. The van der Waals surface area contributed by atoms with E-state index in [1.54, 1.807) is 18.2 Å². The number of barbiturate groups is 1. The van der Waals surface area contributed by atoms with Gasteiger partial charge in [-0.25, -0.2) is 19.1 Å². The van der Waals surface area contributed by atoms with E-state index in [0.29, 0.717) is 24.0 Å². The topological polar surface area (TPSA) is 231 Å². The Morgan fingerprint density at radius 2 is 1.49 bits per heavy atom. The van der Waals surface area contributed by atoms with Crippen molar-refractivity contribution in [3.63, 3.8) is 0 Å². The van der Waals surface area contributed by atoms with Gasteiger partial charge in [-0.3, -0.25) is 29.3 Å². The fourth-order valence-corrected chi connectivity index (χ4v) is 5.52. The van der Waals surface area contributed by atoms with E-state index in [1.807, 2.05) is 13.8 Å². The zero-order valence-electron chi connectivity index (χ0n) is 26.7. The van der Waals surface area contributed by atoms with Crippen LogP contribution in [0.3, 0.4) is 0 Å². The smallest absolute Gasteiger partial charge is 0.860 e. The maximum Gasteiger partial charge on any atom is 1.00 e. The van der Waals surface area contributed by atoms with Crippen LogP contribution in [0.25, 0.3) is 11.8 Å². The summed E-state index contributed by atoms with van der Waals surface area (Å²) in [5.74, 6) is -4.23. The molecule has 14 nitrogen and oxygen atoms in total. The van der Waals surface area contributed by atoms with Crippen molar-refractivity contribution in [2.24, 2.45) is 16.9 Å². The number of hydrogen-bond donors (Lipinski definition) is 4. The summed E-state index contributed by atoms with van der Waals surface area (Å²) in [6.45, 7) is 3.97. The zero-order valence-corrected chi connectivity index (χ0v) is 29.9. The molecule has 0 radical (unpaired) electrons. The van der Waals surface area contributed by atoms with Crippen LogP contribution in [0.5, 0.6) is 5.88 Å². The van der Waals surface area contributed by atoms with Gasteiger partial charge in [0, 0.05) is 16.7 Å². The van der Waals surface area contributed by atoms with Crippen molar-refractivity contribution in [2.45, 2.75) is 26.7 Å². The summed E-state index contributed by atoms with van der Waals surface area (Å²) in [4.78, 5) is 90.6. The van der Waals surface area contributed by atoms with Gasteiger partial charge >= 0.3 is 63.1 Å². The molecule has 1 aliphatic heterocycles. The van der Waals surface area contributed by atoms with E-state index < -0.39 is 46.8 Å². The normalized spacial score (nSPS) is 17.6. The Labute approximate surface area is 321 Å².